The van der Waals surface area contributed by atoms with Gasteiger partial charge in [0.15, 0.2) is 0 Å². The highest BCUT2D eigenvalue weighted by Gasteiger charge is 2.06. The molecule has 0 aliphatic heterocycles. The molecule has 1 atom stereocenters. The van der Waals surface area contributed by atoms with Crippen molar-refractivity contribution >= 4 is 5.91 Å². The molecule has 0 spiro atoms. The van der Waals surface area contributed by atoms with Crippen molar-refractivity contribution in [1.29, 1.82) is 0 Å². The first-order valence-corrected chi connectivity index (χ1v) is 7.02. The molecule has 0 heterocycles. The van der Waals surface area contributed by atoms with Gasteiger partial charge in [0.05, 0.1) is 7.11 Å². The molecule has 0 saturated heterocycles. The Morgan fingerprint density at radius 1 is 1.35 bits per heavy atom. The fourth-order valence-corrected chi connectivity index (χ4v) is 2.21. The third kappa shape index (κ3) is 4.57. The predicted octanol–water partition coefficient (Wildman–Crippen LogP) is 3.22. The quantitative estimate of drug-likeness (QED) is 0.659. The standard InChI is InChI=1S/C17H21NO2/c1-20-16-10-7-15(8-11-16)13-18-17(19)12-9-14-5-3-2-4-6-14/h2-3,7-12,14H,4-6,13H2,1H3,(H,18,19). The normalized spacial score (nSPS) is 18.1. The third-order valence-electron chi connectivity index (χ3n) is 3.46. The van der Waals surface area contributed by atoms with Crippen molar-refractivity contribution in [2.75, 3.05) is 7.11 Å². The van der Waals surface area contributed by atoms with E-state index in [1.165, 1.54) is 0 Å². The Kier molecular flexibility index (Phi) is 5.42. The second-order valence-electron chi connectivity index (χ2n) is 4.97. The first-order chi connectivity index (χ1) is 9.78. The van der Waals surface area contributed by atoms with Gasteiger partial charge in [0.1, 0.15) is 5.75 Å². The van der Waals surface area contributed by atoms with Crippen LogP contribution in [0, 0.1) is 5.92 Å². The Morgan fingerprint density at radius 2 is 2.15 bits per heavy atom. The van der Waals surface area contributed by atoms with Gasteiger partial charge in [-0.15, -0.1) is 0 Å². The Labute approximate surface area is 120 Å². The Balaban J connectivity index is 1.76. The lowest BCUT2D eigenvalue weighted by atomic mass is 9.94. The van der Waals surface area contributed by atoms with Crippen molar-refractivity contribution in [3.05, 3.63) is 54.1 Å². The van der Waals surface area contributed by atoms with E-state index in [0.717, 1.165) is 30.6 Å². The molecule has 1 aromatic rings. The topological polar surface area (TPSA) is 38.3 Å². The van der Waals surface area contributed by atoms with Gasteiger partial charge in [-0.3, -0.25) is 4.79 Å². The summed E-state index contributed by atoms with van der Waals surface area (Å²) in [5, 5.41) is 2.89. The van der Waals surface area contributed by atoms with E-state index < -0.39 is 0 Å². The van der Waals surface area contributed by atoms with Gasteiger partial charge in [0, 0.05) is 6.54 Å². The zero-order valence-electron chi connectivity index (χ0n) is 11.8. The number of allylic oxidation sites excluding steroid dienone is 3. The van der Waals surface area contributed by atoms with Crippen molar-refractivity contribution in [3.63, 3.8) is 0 Å². The second-order valence-corrected chi connectivity index (χ2v) is 4.97. The summed E-state index contributed by atoms with van der Waals surface area (Å²) in [6.07, 6.45) is 11.4. The molecule has 1 aliphatic carbocycles. The molecule has 1 aliphatic rings. The molecular formula is C17H21NO2. The molecule has 0 fully saturated rings. The molecule has 20 heavy (non-hydrogen) atoms. The largest absolute Gasteiger partial charge is 0.497 e. The average molecular weight is 271 g/mol. The summed E-state index contributed by atoms with van der Waals surface area (Å²) in [4.78, 5) is 11.7. The summed E-state index contributed by atoms with van der Waals surface area (Å²) in [6.45, 7) is 0.539. The molecule has 3 nitrogen and oxygen atoms in total. The van der Waals surface area contributed by atoms with E-state index in [0.29, 0.717) is 12.5 Å². The molecule has 1 aromatic carbocycles. The number of rotatable bonds is 5. The highest BCUT2D eigenvalue weighted by Crippen LogP contribution is 2.18. The van der Waals surface area contributed by atoms with Gasteiger partial charge >= 0.3 is 0 Å². The summed E-state index contributed by atoms with van der Waals surface area (Å²) in [7, 11) is 1.64. The molecule has 3 heteroatoms. The predicted molar refractivity (Wildman–Crippen MR) is 80.5 cm³/mol. The van der Waals surface area contributed by atoms with Crippen LogP contribution in [0.15, 0.2) is 48.6 Å². The van der Waals surface area contributed by atoms with Gasteiger partial charge in [0.25, 0.3) is 0 Å². The lowest BCUT2D eigenvalue weighted by Crippen LogP contribution is -2.20. The summed E-state index contributed by atoms with van der Waals surface area (Å²) < 4.78 is 5.10. The minimum Gasteiger partial charge on any atom is -0.497 e. The van der Waals surface area contributed by atoms with Crippen molar-refractivity contribution in [2.45, 2.75) is 25.8 Å². The zero-order chi connectivity index (χ0) is 14.2. The summed E-state index contributed by atoms with van der Waals surface area (Å²) in [5.41, 5.74) is 1.06. The van der Waals surface area contributed by atoms with E-state index in [-0.39, 0.29) is 5.91 Å². The number of amides is 1. The van der Waals surface area contributed by atoms with Crippen LogP contribution in [-0.2, 0) is 11.3 Å². The van der Waals surface area contributed by atoms with Gasteiger partial charge < -0.3 is 10.1 Å². The average Bonchev–Trinajstić information content (AvgIpc) is 2.52. The molecule has 2 rings (SSSR count). The number of carbonyl (C=O) groups is 1. The van der Waals surface area contributed by atoms with Crippen molar-refractivity contribution in [1.82, 2.24) is 5.32 Å². The third-order valence-corrected chi connectivity index (χ3v) is 3.46. The molecule has 1 unspecified atom stereocenters. The first kappa shape index (κ1) is 14.4. The number of ether oxygens (including phenoxy) is 1. The fraction of sp³-hybridized carbons (Fsp3) is 0.353. The number of hydrogen-bond donors (Lipinski definition) is 1. The SMILES string of the molecule is COc1ccc(CNC(=O)C=CC2CC=CCC2)cc1. The van der Waals surface area contributed by atoms with Gasteiger partial charge in [-0.05, 0) is 49.0 Å². The molecule has 106 valence electrons. The number of carbonyl (C=O) groups excluding carboxylic acids is 1. The molecule has 0 bridgehead atoms. The minimum absolute atomic E-state index is 0.0321. The Bertz CT molecular complexity index is 488. The van der Waals surface area contributed by atoms with Crippen LogP contribution < -0.4 is 10.1 Å². The van der Waals surface area contributed by atoms with Crippen LogP contribution in [0.3, 0.4) is 0 Å². The number of benzene rings is 1. The molecule has 1 N–H and O–H groups in total. The van der Waals surface area contributed by atoms with Crippen LogP contribution in [-0.4, -0.2) is 13.0 Å². The summed E-state index contributed by atoms with van der Waals surface area (Å²) in [6, 6.07) is 7.70. The van der Waals surface area contributed by atoms with Gasteiger partial charge in [-0.1, -0.05) is 30.4 Å². The lowest BCUT2D eigenvalue weighted by molar-refractivity contribution is -0.116. The van der Waals surface area contributed by atoms with E-state index in [9.17, 15) is 4.79 Å². The van der Waals surface area contributed by atoms with Crippen LogP contribution in [0.2, 0.25) is 0 Å². The van der Waals surface area contributed by atoms with Crippen LogP contribution in [0.4, 0.5) is 0 Å². The Morgan fingerprint density at radius 3 is 2.80 bits per heavy atom. The number of hydrogen-bond acceptors (Lipinski definition) is 2. The second kappa shape index (κ2) is 7.53. The van der Waals surface area contributed by atoms with Gasteiger partial charge in [-0.25, -0.2) is 0 Å². The maximum absolute atomic E-state index is 11.7. The van der Waals surface area contributed by atoms with E-state index in [2.05, 4.69) is 17.5 Å². The molecule has 0 saturated carbocycles. The van der Waals surface area contributed by atoms with E-state index in [1.54, 1.807) is 13.2 Å². The monoisotopic (exact) mass is 271 g/mol. The van der Waals surface area contributed by atoms with Crippen LogP contribution >= 0.6 is 0 Å². The highest BCUT2D eigenvalue weighted by atomic mass is 16.5. The highest BCUT2D eigenvalue weighted by molar-refractivity contribution is 5.87. The Hall–Kier alpha value is -2.03. The summed E-state index contributed by atoms with van der Waals surface area (Å²) in [5.74, 6) is 1.30. The number of nitrogens with one attached hydrogen (secondary N) is 1. The maximum Gasteiger partial charge on any atom is 0.243 e. The summed E-state index contributed by atoms with van der Waals surface area (Å²) >= 11 is 0. The van der Waals surface area contributed by atoms with Crippen LogP contribution in [0.25, 0.3) is 0 Å². The maximum atomic E-state index is 11.7. The molecular weight excluding hydrogens is 250 g/mol. The van der Waals surface area contributed by atoms with Crippen LogP contribution in [0.5, 0.6) is 5.75 Å². The first-order valence-electron chi connectivity index (χ1n) is 7.02. The van der Waals surface area contributed by atoms with Crippen molar-refractivity contribution in [2.24, 2.45) is 5.92 Å². The van der Waals surface area contributed by atoms with E-state index >= 15 is 0 Å². The van der Waals surface area contributed by atoms with Gasteiger partial charge in [0.2, 0.25) is 5.91 Å². The zero-order valence-corrected chi connectivity index (χ0v) is 11.8. The molecule has 1 amide bonds. The number of methoxy groups -OCH3 is 1. The lowest BCUT2D eigenvalue weighted by Gasteiger charge is -2.12. The molecule has 0 aromatic heterocycles. The minimum atomic E-state index is -0.0321. The fourth-order valence-electron chi connectivity index (χ4n) is 2.21. The van der Waals surface area contributed by atoms with Gasteiger partial charge in [-0.2, -0.15) is 0 Å². The van der Waals surface area contributed by atoms with Crippen molar-refractivity contribution in [3.8, 4) is 5.75 Å². The molecule has 0 radical (unpaired) electrons. The smallest absolute Gasteiger partial charge is 0.243 e. The van der Waals surface area contributed by atoms with E-state index in [4.69, 9.17) is 4.74 Å². The van der Waals surface area contributed by atoms with E-state index in [1.807, 2.05) is 30.3 Å². The van der Waals surface area contributed by atoms with Crippen molar-refractivity contribution < 1.29 is 9.53 Å². The van der Waals surface area contributed by atoms with Crippen LogP contribution in [0.1, 0.15) is 24.8 Å².